The molecule has 0 amide bonds. The standard InChI is InChI=1S/C14H19N3O2.C14H19N3O.C2H6.CH4/c1-17-9-6-14(4-2-7-15,5-3-8-16)12-18-10-13-11-19-13;1-3-12-18-13-14(6-4-9-15,7-5-10-16)8-11-17-2;1-2;/h13H,2-6,9-12H2;3H,1,4-8,11-13H2;1-2H3;1H4/i;;1D;. The van der Waals surface area contributed by atoms with Crippen molar-refractivity contribution in [3.05, 3.63) is 35.5 Å². The Balaban J connectivity index is -0.000000629. The van der Waals surface area contributed by atoms with Gasteiger partial charge in [-0.3, -0.25) is 0 Å². The number of epoxide rings is 1. The van der Waals surface area contributed by atoms with Crippen molar-refractivity contribution < 1.29 is 15.6 Å². The fourth-order valence-corrected chi connectivity index (χ4v) is 3.98. The molecule has 1 saturated heterocycles. The number of nitriles is 4. The molecule has 9 heteroatoms. The topological polar surface area (TPSA) is 135 Å². The Bertz CT molecular complexity index is 822. The summed E-state index contributed by atoms with van der Waals surface area (Å²) in [6.07, 6.45) is 7.72. The van der Waals surface area contributed by atoms with E-state index in [4.69, 9.17) is 49.8 Å². The molecule has 9 nitrogen and oxygen atoms in total. The molecule has 40 heavy (non-hydrogen) atoms. The minimum atomic E-state index is -0.223. The van der Waals surface area contributed by atoms with Crippen LogP contribution < -0.4 is 0 Å². The van der Waals surface area contributed by atoms with Crippen LogP contribution in [0.4, 0.5) is 0 Å². The summed E-state index contributed by atoms with van der Waals surface area (Å²) in [5.74, 6) is 0. The van der Waals surface area contributed by atoms with Gasteiger partial charge in [0.15, 0.2) is 0 Å². The quantitative estimate of drug-likeness (QED) is 0.0681. The zero-order chi connectivity index (χ0) is 30.4. The molecule has 0 radical (unpaired) electrons. The molecule has 0 aromatic heterocycles. The Hall–Kier alpha value is -3.44. The largest absolute Gasteiger partial charge is 0.378 e. The molecule has 1 atom stereocenters. The number of rotatable bonds is 20. The van der Waals surface area contributed by atoms with E-state index in [-0.39, 0.29) is 24.4 Å². The molecule has 1 rings (SSSR count). The highest BCUT2D eigenvalue weighted by molar-refractivity contribution is 4.90. The normalized spacial score (nSPS) is 13.2. The molecule has 0 aliphatic carbocycles. The van der Waals surface area contributed by atoms with Crippen molar-refractivity contribution in [3.63, 3.8) is 0 Å². The molecule has 0 spiro atoms. The molecule has 0 saturated carbocycles. The predicted octanol–water partition coefficient (Wildman–Crippen LogP) is 7.06. The van der Waals surface area contributed by atoms with Gasteiger partial charge in [0.1, 0.15) is 6.10 Å². The third-order valence-electron chi connectivity index (χ3n) is 6.33. The summed E-state index contributed by atoms with van der Waals surface area (Å²) in [5, 5.41) is 35.0. The van der Waals surface area contributed by atoms with Gasteiger partial charge in [0.05, 0.1) is 57.3 Å². The van der Waals surface area contributed by atoms with Gasteiger partial charge >= 0.3 is 0 Å². The van der Waals surface area contributed by atoms with Crippen LogP contribution in [-0.2, 0) is 14.2 Å². The van der Waals surface area contributed by atoms with Gasteiger partial charge in [-0.15, -0.1) is 6.58 Å². The van der Waals surface area contributed by atoms with Gasteiger partial charge in [0.25, 0.3) is 0 Å². The van der Waals surface area contributed by atoms with Gasteiger partial charge in [-0.1, -0.05) is 27.3 Å². The highest BCUT2D eigenvalue weighted by Gasteiger charge is 2.33. The minimum absolute atomic E-state index is 0. The van der Waals surface area contributed by atoms with Crippen molar-refractivity contribution in [2.45, 2.75) is 91.6 Å². The van der Waals surface area contributed by atoms with E-state index in [0.29, 0.717) is 111 Å². The predicted molar refractivity (Wildman–Crippen MR) is 156 cm³/mol. The molecule has 1 heterocycles. The molecule has 0 N–H and O–H groups in total. The van der Waals surface area contributed by atoms with Gasteiger partial charge in [-0.25, -0.2) is 13.1 Å². The van der Waals surface area contributed by atoms with Crippen molar-refractivity contribution in [2.24, 2.45) is 10.8 Å². The van der Waals surface area contributed by atoms with Crippen LogP contribution in [0.2, 0.25) is 0 Å². The third kappa shape index (κ3) is 21.5. The molecular formula is C31H48N6O3. The third-order valence-corrected chi connectivity index (χ3v) is 6.33. The Morgan fingerprint density at radius 3 is 1.55 bits per heavy atom. The zero-order valence-electron chi connectivity index (χ0n) is 24.5. The molecule has 0 aromatic carbocycles. The maximum atomic E-state index is 8.77. The fraction of sp³-hybridized carbons (Fsp3) is 0.742. The maximum Gasteiger partial charge on any atom is 0.215 e. The highest BCUT2D eigenvalue weighted by Crippen LogP contribution is 2.35. The van der Waals surface area contributed by atoms with Crippen LogP contribution in [0.3, 0.4) is 0 Å². The smallest absolute Gasteiger partial charge is 0.215 e. The first-order chi connectivity index (χ1) is 19.4. The first-order valence-corrected chi connectivity index (χ1v) is 13.2. The lowest BCUT2D eigenvalue weighted by molar-refractivity contribution is 0.0237. The number of nitrogens with zero attached hydrogens (tertiary/aromatic N) is 6. The molecule has 1 unspecified atom stereocenters. The van der Waals surface area contributed by atoms with Crippen molar-refractivity contribution in [1.29, 1.82) is 21.0 Å². The second kappa shape index (κ2) is 28.6. The van der Waals surface area contributed by atoms with E-state index >= 15 is 0 Å². The van der Waals surface area contributed by atoms with Crippen molar-refractivity contribution >= 4 is 0 Å². The lowest BCUT2D eigenvalue weighted by Crippen LogP contribution is -2.29. The number of hydrogen-bond donors (Lipinski definition) is 0. The van der Waals surface area contributed by atoms with Crippen molar-refractivity contribution in [2.75, 3.05) is 46.1 Å². The summed E-state index contributed by atoms with van der Waals surface area (Å²) in [4.78, 5) is 6.77. The second-order valence-corrected chi connectivity index (χ2v) is 9.17. The lowest BCUT2D eigenvalue weighted by atomic mass is 9.77. The van der Waals surface area contributed by atoms with E-state index < -0.39 is 0 Å². The molecule has 1 fully saturated rings. The number of hydrogen-bond acceptors (Lipinski definition) is 7. The van der Waals surface area contributed by atoms with E-state index in [0.717, 1.165) is 6.61 Å². The minimum Gasteiger partial charge on any atom is -0.378 e. The molecular weight excluding hydrogens is 504 g/mol. The first-order valence-electron chi connectivity index (χ1n) is 13.9. The Kier molecular flexibility index (Phi) is 27.6. The highest BCUT2D eigenvalue weighted by atomic mass is 16.6. The summed E-state index contributed by atoms with van der Waals surface area (Å²) >= 11 is 0. The van der Waals surface area contributed by atoms with E-state index in [1.165, 1.54) is 0 Å². The lowest BCUT2D eigenvalue weighted by Gasteiger charge is -2.30. The molecule has 1 aliphatic rings. The van der Waals surface area contributed by atoms with Gasteiger partial charge in [0, 0.05) is 50.7 Å². The molecule has 1 aliphatic heterocycles. The van der Waals surface area contributed by atoms with E-state index in [1.807, 2.05) is 0 Å². The van der Waals surface area contributed by atoms with Crippen LogP contribution in [0.1, 0.15) is 86.8 Å². The van der Waals surface area contributed by atoms with Crippen LogP contribution in [-0.4, -0.2) is 52.2 Å². The monoisotopic (exact) mass is 553 g/mol. The zero-order valence-corrected chi connectivity index (χ0v) is 23.5. The van der Waals surface area contributed by atoms with Gasteiger partial charge in [0.2, 0.25) is 13.1 Å². The molecule has 0 aromatic rings. The summed E-state index contributed by atoms with van der Waals surface area (Å²) < 4.78 is 22.5. The summed E-state index contributed by atoms with van der Waals surface area (Å²) in [6, 6.07) is 8.55. The van der Waals surface area contributed by atoms with Crippen LogP contribution in [0.25, 0.3) is 9.69 Å². The summed E-state index contributed by atoms with van der Waals surface area (Å²) in [5.41, 5.74) is -0.441. The van der Waals surface area contributed by atoms with Gasteiger partial charge in [-0.2, -0.15) is 21.0 Å². The van der Waals surface area contributed by atoms with Gasteiger partial charge in [-0.05, 0) is 25.7 Å². The van der Waals surface area contributed by atoms with E-state index in [9.17, 15) is 0 Å². The molecule has 220 valence electrons. The Morgan fingerprint density at radius 1 is 0.875 bits per heavy atom. The van der Waals surface area contributed by atoms with Crippen molar-refractivity contribution in [3.8, 4) is 24.3 Å². The van der Waals surface area contributed by atoms with Gasteiger partial charge < -0.3 is 23.9 Å². The van der Waals surface area contributed by atoms with E-state index in [2.05, 4.69) is 40.5 Å². The van der Waals surface area contributed by atoms with Crippen LogP contribution in [0.15, 0.2) is 12.7 Å². The van der Waals surface area contributed by atoms with Crippen LogP contribution >= 0.6 is 0 Å². The average molecular weight is 554 g/mol. The SMILES string of the molecule is C.[2H]CC.[C-]#[N+]CCC(CCC#N)(CCC#N)COCC1CO1.[C-]#[N+]CCC(CCC#N)(CCC#N)COCC=C. The van der Waals surface area contributed by atoms with Crippen molar-refractivity contribution in [1.82, 2.24) is 0 Å². The Morgan fingerprint density at radius 2 is 1.25 bits per heavy atom. The first kappa shape index (κ1) is 38.7. The number of ether oxygens (including phenoxy) is 3. The fourth-order valence-electron chi connectivity index (χ4n) is 3.98. The average Bonchev–Trinajstić information content (AvgIpc) is 3.79. The maximum absolute atomic E-state index is 8.77. The summed E-state index contributed by atoms with van der Waals surface area (Å²) in [6.45, 7) is 23.3. The van der Waals surface area contributed by atoms with Crippen LogP contribution in [0, 0.1) is 69.3 Å². The molecule has 0 bridgehead atoms. The second-order valence-electron chi connectivity index (χ2n) is 9.17. The summed E-state index contributed by atoms with van der Waals surface area (Å²) in [7, 11) is 0. The van der Waals surface area contributed by atoms with E-state index in [1.54, 1.807) is 13.0 Å². The van der Waals surface area contributed by atoms with Crippen LogP contribution in [0.5, 0.6) is 0 Å². The Labute approximate surface area is 245 Å².